The Balaban J connectivity index is 1.42. The third kappa shape index (κ3) is 4.54. The Morgan fingerprint density at radius 3 is 2.38 bits per heavy atom. The molecule has 1 aliphatic rings. The first kappa shape index (κ1) is 18.9. The molecule has 1 aliphatic heterocycles. The summed E-state index contributed by atoms with van der Waals surface area (Å²) in [5.74, 6) is -0.690. The second-order valence-electron chi connectivity index (χ2n) is 7.21. The normalized spacial score (nSPS) is 14.0. The highest BCUT2D eigenvalue weighted by Crippen LogP contribution is 2.22. The molecule has 0 bridgehead atoms. The van der Waals surface area contributed by atoms with Gasteiger partial charge in [0.1, 0.15) is 5.82 Å². The lowest BCUT2D eigenvalue weighted by Crippen LogP contribution is -2.46. The number of hydrogen-bond donors (Lipinski definition) is 1. The summed E-state index contributed by atoms with van der Waals surface area (Å²) in [7, 11) is 0. The Labute approximate surface area is 169 Å². The van der Waals surface area contributed by atoms with Crippen LogP contribution in [0.2, 0.25) is 0 Å². The topological polar surface area (TPSA) is 48.5 Å². The number of halogens is 1. The van der Waals surface area contributed by atoms with Crippen LogP contribution in [0.5, 0.6) is 0 Å². The Bertz CT molecular complexity index is 1020. The number of nitrogens with one attached hydrogen (secondary N) is 1. The number of hydrogen-bond acceptors (Lipinski definition) is 4. The minimum absolute atomic E-state index is 0.302. The molecule has 29 heavy (non-hydrogen) atoms. The van der Waals surface area contributed by atoms with Crippen molar-refractivity contribution in [3.05, 3.63) is 83.9 Å². The quantitative estimate of drug-likeness (QED) is 0.728. The van der Waals surface area contributed by atoms with Gasteiger partial charge in [-0.15, -0.1) is 0 Å². The number of nitrogens with zero attached hydrogens (tertiary/aromatic N) is 3. The van der Waals surface area contributed by atoms with Crippen molar-refractivity contribution in [2.75, 3.05) is 41.3 Å². The maximum Gasteiger partial charge on any atom is 0.257 e. The van der Waals surface area contributed by atoms with Crippen LogP contribution in [0.15, 0.2) is 67.0 Å². The van der Waals surface area contributed by atoms with Crippen molar-refractivity contribution in [2.24, 2.45) is 0 Å². The summed E-state index contributed by atoms with van der Waals surface area (Å²) < 4.78 is 13.3. The molecule has 6 heteroatoms. The molecule has 0 aliphatic carbocycles. The fourth-order valence-electron chi connectivity index (χ4n) is 3.54. The first-order chi connectivity index (χ1) is 14.1. The third-order valence-corrected chi connectivity index (χ3v) is 5.08. The van der Waals surface area contributed by atoms with Crippen LogP contribution < -0.4 is 15.1 Å². The van der Waals surface area contributed by atoms with Gasteiger partial charge in [-0.1, -0.05) is 18.2 Å². The molecule has 3 aromatic rings. The summed E-state index contributed by atoms with van der Waals surface area (Å²) in [6.45, 7) is 5.62. The monoisotopic (exact) mass is 390 g/mol. The molecule has 2 aromatic carbocycles. The molecule has 0 spiro atoms. The highest BCUT2D eigenvalue weighted by atomic mass is 19.1. The predicted octanol–water partition coefficient (Wildman–Crippen LogP) is 4.11. The fraction of sp³-hybridized carbons (Fsp3) is 0.217. The van der Waals surface area contributed by atoms with Crippen LogP contribution in [0.1, 0.15) is 15.9 Å². The summed E-state index contributed by atoms with van der Waals surface area (Å²) in [6.07, 6.45) is 3.31. The molecule has 1 fully saturated rings. The van der Waals surface area contributed by atoms with Gasteiger partial charge in [-0.2, -0.15) is 0 Å². The van der Waals surface area contributed by atoms with Gasteiger partial charge in [0.2, 0.25) is 0 Å². The standard InChI is InChI=1S/C23H23FN4O/c1-17-4-2-7-21(12-17)27-8-10-28(11-9-27)22-13-18(15-25-16-22)23(29)26-20-6-3-5-19(24)14-20/h2-7,12-16H,8-11H2,1H3,(H,26,29). The SMILES string of the molecule is Cc1cccc(N2CCN(c3cncc(C(=O)Nc4cccc(F)c4)c3)CC2)c1. The van der Waals surface area contributed by atoms with Crippen molar-refractivity contribution >= 4 is 23.0 Å². The van der Waals surface area contributed by atoms with Crippen molar-refractivity contribution in [3.8, 4) is 0 Å². The minimum atomic E-state index is -0.388. The smallest absolute Gasteiger partial charge is 0.257 e. The molecule has 1 amide bonds. The molecule has 4 rings (SSSR count). The van der Waals surface area contributed by atoms with Crippen molar-refractivity contribution in [1.82, 2.24) is 4.98 Å². The van der Waals surface area contributed by atoms with E-state index in [4.69, 9.17) is 0 Å². The Hall–Kier alpha value is -3.41. The molecule has 0 atom stereocenters. The molecule has 5 nitrogen and oxygen atoms in total. The van der Waals surface area contributed by atoms with E-state index in [1.165, 1.54) is 29.6 Å². The van der Waals surface area contributed by atoms with Crippen LogP contribution in [0.3, 0.4) is 0 Å². The van der Waals surface area contributed by atoms with Gasteiger partial charge in [0.25, 0.3) is 5.91 Å². The maximum absolute atomic E-state index is 13.3. The second kappa shape index (κ2) is 8.31. The lowest BCUT2D eigenvalue weighted by molar-refractivity contribution is 0.102. The number of aromatic nitrogens is 1. The average molecular weight is 390 g/mol. The highest BCUT2D eigenvalue weighted by molar-refractivity contribution is 6.04. The van der Waals surface area contributed by atoms with Crippen LogP contribution >= 0.6 is 0 Å². The molecule has 1 saturated heterocycles. The predicted molar refractivity (Wildman–Crippen MR) is 114 cm³/mol. The summed E-state index contributed by atoms with van der Waals surface area (Å²) in [6, 6.07) is 16.2. The lowest BCUT2D eigenvalue weighted by Gasteiger charge is -2.37. The van der Waals surface area contributed by atoms with E-state index in [9.17, 15) is 9.18 Å². The number of pyridine rings is 1. The van der Waals surface area contributed by atoms with Crippen LogP contribution in [0.4, 0.5) is 21.5 Å². The number of piperazine rings is 1. The number of rotatable bonds is 4. The summed E-state index contributed by atoms with van der Waals surface area (Å²) in [5, 5.41) is 2.72. The minimum Gasteiger partial charge on any atom is -0.368 e. The number of anilines is 3. The van der Waals surface area contributed by atoms with E-state index in [-0.39, 0.29) is 11.7 Å². The van der Waals surface area contributed by atoms with Crippen molar-refractivity contribution in [2.45, 2.75) is 6.92 Å². The largest absolute Gasteiger partial charge is 0.368 e. The summed E-state index contributed by atoms with van der Waals surface area (Å²) >= 11 is 0. The zero-order chi connectivity index (χ0) is 20.2. The number of aryl methyl sites for hydroxylation is 1. The van der Waals surface area contributed by atoms with Crippen molar-refractivity contribution in [3.63, 3.8) is 0 Å². The van der Waals surface area contributed by atoms with Crippen LogP contribution in [0, 0.1) is 12.7 Å². The van der Waals surface area contributed by atoms with Crippen LogP contribution in [0.25, 0.3) is 0 Å². The lowest BCUT2D eigenvalue weighted by atomic mass is 10.1. The van der Waals surface area contributed by atoms with Gasteiger partial charge in [0.05, 0.1) is 17.4 Å². The second-order valence-corrected chi connectivity index (χ2v) is 7.21. The van der Waals surface area contributed by atoms with Gasteiger partial charge in [-0.3, -0.25) is 9.78 Å². The molecule has 0 unspecified atom stereocenters. The number of amides is 1. The molecule has 148 valence electrons. The Morgan fingerprint density at radius 1 is 0.931 bits per heavy atom. The average Bonchev–Trinajstić information content (AvgIpc) is 2.74. The van der Waals surface area contributed by atoms with E-state index in [2.05, 4.69) is 51.3 Å². The van der Waals surface area contributed by atoms with Crippen LogP contribution in [-0.2, 0) is 0 Å². The van der Waals surface area contributed by atoms with Gasteiger partial charge in [-0.05, 0) is 48.9 Å². The molecule has 1 N–H and O–H groups in total. The Kier molecular flexibility index (Phi) is 5.42. The first-order valence-electron chi connectivity index (χ1n) is 9.67. The Morgan fingerprint density at radius 2 is 1.66 bits per heavy atom. The van der Waals surface area contributed by atoms with Crippen LogP contribution in [-0.4, -0.2) is 37.1 Å². The maximum atomic E-state index is 13.3. The fourth-order valence-corrected chi connectivity index (χ4v) is 3.54. The molecule has 0 radical (unpaired) electrons. The molecule has 0 saturated carbocycles. The van der Waals surface area contributed by atoms with Gasteiger partial charge < -0.3 is 15.1 Å². The van der Waals surface area contributed by atoms with Gasteiger partial charge in [-0.25, -0.2) is 4.39 Å². The number of benzene rings is 2. The van der Waals surface area contributed by atoms with Gasteiger partial charge in [0, 0.05) is 43.8 Å². The number of carbonyl (C=O) groups is 1. The summed E-state index contributed by atoms with van der Waals surface area (Å²) in [5.41, 5.74) is 4.29. The zero-order valence-electron chi connectivity index (χ0n) is 16.3. The van der Waals surface area contributed by atoms with E-state index in [1.54, 1.807) is 18.3 Å². The molecular weight excluding hydrogens is 367 g/mol. The van der Waals surface area contributed by atoms with Gasteiger partial charge >= 0.3 is 0 Å². The third-order valence-electron chi connectivity index (χ3n) is 5.08. The summed E-state index contributed by atoms with van der Waals surface area (Å²) in [4.78, 5) is 21.4. The van der Waals surface area contributed by atoms with Crippen molar-refractivity contribution in [1.29, 1.82) is 0 Å². The number of carbonyl (C=O) groups excluding carboxylic acids is 1. The molecular formula is C23H23FN4O. The van der Waals surface area contributed by atoms with Crippen molar-refractivity contribution < 1.29 is 9.18 Å². The molecule has 2 heterocycles. The van der Waals surface area contributed by atoms with E-state index >= 15 is 0 Å². The van der Waals surface area contributed by atoms with Gasteiger partial charge in [0.15, 0.2) is 0 Å². The molecule has 1 aromatic heterocycles. The van der Waals surface area contributed by atoms with E-state index in [0.717, 1.165) is 31.9 Å². The zero-order valence-corrected chi connectivity index (χ0v) is 16.3. The van der Waals surface area contributed by atoms with E-state index in [1.807, 2.05) is 6.07 Å². The van der Waals surface area contributed by atoms with E-state index in [0.29, 0.717) is 11.3 Å². The highest BCUT2D eigenvalue weighted by Gasteiger charge is 2.19. The first-order valence-corrected chi connectivity index (χ1v) is 9.67. The van der Waals surface area contributed by atoms with E-state index < -0.39 is 0 Å².